The summed E-state index contributed by atoms with van der Waals surface area (Å²) in [6, 6.07) is 6.42. The molecule has 0 aliphatic rings. The highest BCUT2D eigenvalue weighted by Crippen LogP contribution is 2.25. The first-order valence-electron chi connectivity index (χ1n) is 5.03. The van der Waals surface area contributed by atoms with E-state index in [9.17, 15) is 0 Å². The molecule has 0 bridgehead atoms. The van der Waals surface area contributed by atoms with Gasteiger partial charge < -0.3 is 10.1 Å². The van der Waals surface area contributed by atoms with Crippen LogP contribution in [0.4, 0.5) is 0 Å². The minimum atomic E-state index is 0.262. The Balaban J connectivity index is 2.98. The summed E-state index contributed by atoms with van der Waals surface area (Å²) in [6.45, 7) is 4.44. The van der Waals surface area contributed by atoms with E-state index in [0.29, 0.717) is 6.61 Å². The van der Waals surface area contributed by atoms with Crippen LogP contribution in [-0.2, 0) is 0 Å². The second-order valence-electron chi connectivity index (χ2n) is 3.54. The van der Waals surface area contributed by atoms with Gasteiger partial charge in [0.2, 0.25) is 0 Å². The predicted molar refractivity (Wildman–Crippen MR) is 63.0 cm³/mol. The number of aryl methyl sites for hydroxylation is 1. The second-order valence-corrected chi connectivity index (χ2v) is 3.54. The average Bonchev–Trinajstić information content (AvgIpc) is 2.25. The third-order valence-corrected chi connectivity index (χ3v) is 2.38. The molecule has 1 rings (SSSR count). The van der Waals surface area contributed by atoms with Crippen molar-refractivity contribution in [3.05, 3.63) is 29.3 Å². The zero-order valence-electron chi connectivity index (χ0n) is 9.50. The molecular weight excluding hydrogens is 186 g/mol. The molecule has 1 aromatic rings. The molecule has 0 aliphatic carbocycles. The largest absolute Gasteiger partial charge is 0.481 e. The first kappa shape index (κ1) is 11.6. The molecule has 15 heavy (non-hydrogen) atoms. The van der Waals surface area contributed by atoms with Crippen molar-refractivity contribution in [2.45, 2.75) is 19.9 Å². The van der Waals surface area contributed by atoms with Gasteiger partial charge in [0.15, 0.2) is 0 Å². The minimum absolute atomic E-state index is 0.262. The monoisotopic (exact) mass is 203 g/mol. The van der Waals surface area contributed by atoms with Gasteiger partial charge in [0, 0.05) is 11.6 Å². The average molecular weight is 203 g/mol. The molecule has 0 fully saturated rings. The molecule has 0 radical (unpaired) electrons. The smallest absolute Gasteiger partial charge is 0.148 e. The van der Waals surface area contributed by atoms with E-state index in [0.717, 1.165) is 11.3 Å². The number of hydrogen-bond donors (Lipinski definition) is 1. The zero-order valence-corrected chi connectivity index (χ0v) is 9.50. The summed E-state index contributed by atoms with van der Waals surface area (Å²) in [4.78, 5) is 0. The maximum Gasteiger partial charge on any atom is 0.148 e. The van der Waals surface area contributed by atoms with Crippen LogP contribution in [0.15, 0.2) is 18.2 Å². The normalized spacial score (nSPS) is 11.9. The Morgan fingerprint density at radius 2 is 2.27 bits per heavy atom. The van der Waals surface area contributed by atoms with Gasteiger partial charge in [0.1, 0.15) is 12.4 Å². The van der Waals surface area contributed by atoms with Crippen LogP contribution in [0.2, 0.25) is 0 Å². The maximum atomic E-state index is 5.51. The summed E-state index contributed by atoms with van der Waals surface area (Å²) >= 11 is 0. The molecule has 0 saturated heterocycles. The van der Waals surface area contributed by atoms with Crippen LogP contribution >= 0.6 is 0 Å². The number of ether oxygens (including phenoxy) is 1. The fourth-order valence-electron chi connectivity index (χ4n) is 1.40. The van der Waals surface area contributed by atoms with Crippen LogP contribution in [0.5, 0.6) is 5.75 Å². The lowest BCUT2D eigenvalue weighted by Gasteiger charge is -2.16. The Morgan fingerprint density at radius 3 is 2.87 bits per heavy atom. The number of terminal acetylenes is 1. The first-order valence-corrected chi connectivity index (χ1v) is 5.03. The van der Waals surface area contributed by atoms with Crippen LogP contribution in [0.25, 0.3) is 0 Å². The molecular formula is C13H17NO. The molecule has 2 heteroatoms. The van der Waals surface area contributed by atoms with E-state index in [4.69, 9.17) is 11.2 Å². The van der Waals surface area contributed by atoms with Gasteiger partial charge >= 0.3 is 0 Å². The lowest BCUT2D eigenvalue weighted by atomic mass is 10.1. The molecule has 1 aromatic carbocycles. The summed E-state index contributed by atoms with van der Waals surface area (Å²) in [5.74, 6) is 3.35. The Labute approximate surface area is 91.6 Å². The van der Waals surface area contributed by atoms with Crippen molar-refractivity contribution in [3.8, 4) is 18.1 Å². The summed E-state index contributed by atoms with van der Waals surface area (Å²) in [5.41, 5.74) is 2.31. The number of hydrogen-bond acceptors (Lipinski definition) is 2. The van der Waals surface area contributed by atoms with Crippen LogP contribution in [0.3, 0.4) is 0 Å². The predicted octanol–water partition coefficient (Wildman–Crippen LogP) is 2.29. The number of nitrogens with one attached hydrogen (secondary N) is 1. The highest BCUT2D eigenvalue weighted by Gasteiger charge is 2.09. The van der Waals surface area contributed by atoms with Gasteiger partial charge in [-0.2, -0.15) is 0 Å². The van der Waals surface area contributed by atoms with Gasteiger partial charge in [-0.25, -0.2) is 0 Å². The second kappa shape index (κ2) is 5.43. The van der Waals surface area contributed by atoms with Crippen molar-refractivity contribution in [1.82, 2.24) is 5.32 Å². The highest BCUT2D eigenvalue weighted by atomic mass is 16.5. The SMILES string of the molecule is C#CCOc1cc(C)ccc1C(C)NC. The topological polar surface area (TPSA) is 21.3 Å². The van der Waals surface area contributed by atoms with Crippen molar-refractivity contribution in [1.29, 1.82) is 0 Å². The molecule has 0 heterocycles. The van der Waals surface area contributed by atoms with E-state index < -0.39 is 0 Å². The van der Waals surface area contributed by atoms with Crippen LogP contribution in [-0.4, -0.2) is 13.7 Å². The summed E-state index contributed by atoms with van der Waals surface area (Å²) in [6.07, 6.45) is 5.18. The highest BCUT2D eigenvalue weighted by molar-refractivity contribution is 5.39. The number of benzene rings is 1. The third kappa shape index (κ3) is 3.00. The maximum absolute atomic E-state index is 5.51. The van der Waals surface area contributed by atoms with Crippen molar-refractivity contribution < 1.29 is 4.74 Å². The van der Waals surface area contributed by atoms with Crippen molar-refractivity contribution in [2.75, 3.05) is 13.7 Å². The van der Waals surface area contributed by atoms with Gasteiger partial charge in [0.05, 0.1) is 0 Å². The van der Waals surface area contributed by atoms with E-state index in [-0.39, 0.29) is 6.04 Å². The number of rotatable bonds is 4. The molecule has 1 unspecified atom stereocenters. The summed E-state index contributed by atoms with van der Waals surface area (Å²) < 4.78 is 5.51. The Bertz CT molecular complexity index is 365. The molecule has 2 nitrogen and oxygen atoms in total. The molecule has 0 aromatic heterocycles. The van der Waals surface area contributed by atoms with E-state index in [1.165, 1.54) is 5.56 Å². The van der Waals surface area contributed by atoms with E-state index in [1.54, 1.807) is 0 Å². The fraction of sp³-hybridized carbons (Fsp3) is 0.385. The van der Waals surface area contributed by atoms with Gasteiger partial charge in [-0.15, -0.1) is 6.42 Å². The van der Waals surface area contributed by atoms with E-state index in [1.807, 2.05) is 20.0 Å². The van der Waals surface area contributed by atoms with Crippen LogP contribution < -0.4 is 10.1 Å². The molecule has 1 N–H and O–H groups in total. The Morgan fingerprint density at radius 1 is 1.53 bits per heavy atom. The van der Waals surface area contributed by atoms with Crippen LogP contribution in [0.1, 0.15) is 24.1 Å². The van der Waals surface area contributed by atoms with Crippen LogP contribution in [0, 0.1) is 19.3 Å². The third-order valence-electron chi connectivity index (χ3n) is 2.38. The van der Waals surface area contributed by atoms with Gasteiger partial charge in [-0.3, -0.25) is 0 Å². The molecule has 0 spiro atoms. The molecule has 1 atom stereocenters. The molecule has 0 saturated carbocycles. The lowest BCUT2D eigenvalue weighted by Crippen LogP contribution is -2.14. The zero-order chi connectivity index (χ0) is 11.3. The van der Waals surface area contributed by atoms with Crippen molar-refractivity contribution >= 4 is 0 Å². The quantitative estimate of drug-likeness (QED) is 0.758. The van der Waals surface area contributed by atoms with Gasteiger partial charge in [-0.1, -0.05) is 18.1 Å². The Hall–Kier alpha value is -1.46. The molecule has 0 aliphatic heterocycles. The van der Waals surface area contributed by atoms with E-state index >= 15 is 0 Å². The Kier molecular flexibility index (Phi) is 4.20. The van der Waals surface area contributed by atoms with Crippen molar-refractivity contribution in [2.24, 2.45) is 0 Å². The standard InChI is InChI=1S/C13H17NO/c1-5-8-15-13-9-10(2)6-7-12(13)11(3)14-4/h1,6-7,9,11,14H,8H2,2-4H3. The van der Waals surface area contributed by atoms with Gasteiger partial charge in [-0.05, 0) is 32.5 Å². The first-order chi connectivity index (χ1) is 7.19. The molecule has 0 amide bonds. The molecule has 80 valence electrons. The van der Waals surface area contributed by atoms with Crippen molar-refractivity contribution in [3.63, 3.8) is 0 Å². The summed E-state index contributed by atoms with van der Waals surface area (Å²) in [5, 5.41) is 3.19. The summed E-state index contributed by atoms with van der Waals surface area (Å²) in [7, 11) is 1.93. The van der Waals surface area contributed by atoms with Gasteiger partial charge in [0.25, 0.3) is 0 Å². The minimum Gasteiger partial charge on any atom is -0.481 e. The van der Waals surface area contributed by atoms with E-state index in [2.05, 4.69) is 30.3 Å². The lowest BCUT2D eigenvalue weighted by molar-refractivity contribution is 0.361. The fourth-order valence-corrected chi connectivity index (χ4v) is 1.40.